The molecular weight excluding hydrogens is 230 g/mol. The van der Waals surface area contributed by atoms with E-state index < -0.39 is 4.92 Å². The number of nitro benzene ring substituents is 1. The number of anilines is 1. The van der Waals surface area contributed by atoms with E-state index in [0.29, 0.717) is 16.7 Å². The summed E-state index contributed by atoms with van der Waals surface area (Å²) in [7, 11) is 0. The fourth-order valence-electron chi connectivity index (χ4n) is 2.01. The molecule has 0 bridgehead atoms. The topological polar surface area (TPSA) is 79.0 Å². The molecule has 0 amide bonds. The van der Waals surface area contributed by atoms with Gasteiger partial charge in [-0.3, -0.25) is 10.1 Å². The van der Waals surface area contributed by atoms with E-state index in [-0.39, 0.29) is 5.69 Å². The molecule has 0 aliphatic heterocycles. The van der Waals surface area contributed by atoms with Crippen molar-refractivity contribution in [1.29, 1.82) is 5.26 Å². The highest BCUT2D eigenvalue weighted by molar-refractivity contribution is 5.61. The molecule has 1 fully saturated rings. The van der Waals surface area contributed by atoms with E-state index in [9.17, 15) is 10.1 Å². The van der Waals surface area contributed by atoms with E-state index in [4.69, 9.17) is 5.26 Å². The van der Waals surface area contributed by atoms with Gasteiger partial charge in [-0.05, 0) is 30.7 Å². The molecule has 1 saturated carbocycles. The Hall–Kier alpha value is -2.09. The van der Waals surface area contributed by atoms with Crippen LogP contribution in [0.3, 0.4) is 0 Å². The van der Waals surface area contributed by atoms with Gasteiger partial charge in [-0.25, -0.2) is 0 Å². The molecule has 94 valence electrons. The third kappa shape index (κ3) is 2.43. The summed E-state index contributed by atoms with van der Waals surface area (Å²) in [6.07, 6.45) is 3.55. The Morgan fingerprint density at radius 2 is 2.28 bits per heavy atom. The fraction of sp³-hybridized carbons (Fsp3) is 0.462. The maximum Gasteiger partial charge on any atom is 0.270 e. The fourth-order valence-corrected chi connectivity index (χ4v) is 2.01. The van der Waals surface area contributed by atoms with Crippen LogP contribution in [0.2, 0.25) is 0 Å². The molecule has 18 heavy (non-hydrogen) atoms. The molecule has 0 atom stereocenters. The van der Waals surface area contributed by atoms with Crippen LogP contribution in [-0.4, -0.2) is 11.5 Å². The molecule has 1 aromatic carbocycles. The first-order valence-electron chi connectivity index (χ1n) is 6.03. The van der Waals surface area contributed by atoms with Crippen LogP contribution in [0.25, 0.3) is 0 Å². The van der Waals surface area contributed by atoms with Gasteiger partial charge in [-0.1, -0.05) is 6.92 Å². The molecule has 0 radical (unpaired) electrons. The molecule has 2 rings (SSSR count). The number of rotatable bonds is 5. The molecule has 5 nitrogen and oxygen atoms in total. The number of nitro groups is 1. The van der Waals surface area contributed by atoms with Crippen LogP contribution in [0.5, 0.6) is 0 Å². The zero-order valence-corrected chi connectivity index (χ0v) is 10.3. The summed E-state index contributed by atoms with van der Waals surface area (Å²) in [4.78, 5) is 10.1. The van der Waals surface area contributed by atoms with Crippen molar-refractivity contribution in [2.24, 2.45) is 5.41 Å². The summed E-state index contributed by atoms with van der Waals surface area (Å²) >= 11 is 0. The summed E-state index contributed by atoms with van der Waals surface area (Å²) < 4.78 is 0. The van der Waals surface area contributed by atoms with Crippen LogP contribution in [0.1, 0.15) is 31.7 Å². The lowest BCUT2D eigenvalue weighted by atomic mass is 10.0. The molecule has 0 heterocycles. The maximum absolute atomic E-state index is 10.6. The Morgan fingerprint density at radius 1 is 1.56 bits per heavy atom. The monoisotopic (exact) mass is 245 g/mol. The lowest BCUT2D eigenvalue weighted by Crippen LogP contribution is -2.15. The van der Waals surface area contributed by atoms with E-state index in [1.807, 2.05) is 6.07 Å². The summed E-state index contributed by atoms with van der Waals surface area (Å²) in [6, 6.07) is 6.35. The summed E-state index contributed by atoms with van der Waals surface area (Å²) in [5.74, 6) is 0. The maximum atomic E-state index is 10.6. The molecule has 0 aromatic heterocycles. The molecule has 0 saturated heterocycles. The van der Waals surface area contributed by atoms with E-state index in [0.717, 1.165) is 13.0 Å². The van der Waals surface area contributed by atoms with E-state index >= 15 is 0 Å². The normalized spacial score (nSPS) is 15.8. The smallest absolute Gasteiger partial charge is 0.270 e. The highest BCUT2D eigenvalue weighted by Gasteiger charge is 2.40. The second kappa shape index (κ2) is 4.65. The number of nitrogens with one attached hydrogen (secondary N) is 1. The summed E-state index contributed by atoms with van der Waals surface area (Å²) in [5, 5.41) is 22.9. The minimum Gasteiger partial charge on any atom is -0.383 e. The minimum absolute atomic E-state index is 0.0475. The predicted octanol–water partition coefficient (Wildman–Crippen LogP) is 3.07. The van der Waals surface area contributed by atoms with Gasteiger partial charge in [0.05, 0.1) is 16.2 Å². The average Bonchev–Trinajstić information content (AvgIpc) is 3.16. The molecule has 1 aliphatic carbocycles. The zero-order chi connectivity index (χ0) is 13.2. The number of benzene rings is 1. The Labute approximate surface area is 106 Å². The van der Waals surface area contributed by atoms with Gasteiger partial charge in [0, 0.05) is 18.7 Å². The van der Waals surface area contributed by atoms with Gasteiger partial charge >= 0.3 is 0 Å². The van der Waals surface area contributed by atoms with Crippen LogP contribution in [0.4, 0.5) is 11.4 Å². The zero-order valence-electron chi connectivity index (χ0n) is 10.3. The van der Waals surface area contributed by atoms with Crippen molar-refractivity contribution in [3.63, 3.8) is 0 Å². The summed E-state index contributed by atoms with van der Waals surface area (Å²) in [5.41, 5.74) is 1.33. The van der Waals surface area contributed by atoms with E-state index in [1.165, 1.54) is 25.0 Å². The standard InChI is InChI=1S/C13H15N3O2/c1-2-13(5-6-13)9-15-12-4-3-11(16(17)18)7-10(12)8-14/h3-4,7,15H,2,5-6,9H2,1H3. The average molecular weight is 245 g/mol. The quantitative estimate of drug-likeness (QED) is 0.638. The Bertz CT molecular complexity index is 515. The van der Waals surface area contributed by atoms with Crippen LogP contribution in [-0.2, 0) is 0 Å². The van der Waals surface area contributed by atoms with Crippen molar-refractivity contribution in [1.82, 2.24) is 0 Å². The largest absolute Gasteiger partial charge is 0.383 e. The van der Waals surface area contributed by atoms with Crippen molar-refractivity contribution >= 4 is 11.4 Å². The van der Waals surface area contributed by atoms with E-state index in [1.54, 1.807) is 6.07 Å². The van der Waals surface area contributed by atoms with Gasteiger partial charge in [0.2, 0.25) is 0 Å². The molecule has 1 N–H and O–H groups in total. The number of non-ortho nitro benzene ring substituents is 1. The first-order chi connectivity index (χ1) is 8.60. The van der Waals surface area contributed by atoms with Crippen LogP contribution < -0.4 is 5.32 Å². The molecule has 5 heteroatoms. The second-order valence-electron chi connectivity index (χ2n) is 4.81. The first kappa shape index (κ1) is 12.4. The molecule has 0 spiro atoms. The van der Waals surface area contributed by atoms with Crippen molar-refractivity contribution in [3.8, 4) is 6.07 Å². The van der Waals surface area contributed by atoms with Crippen LogP contribution in [0, 0.1) is 26.9 Å². The highest BCUT2D eigenvalue weighted by atomic mass is 16.6. The van der Waals surface area contributed by atoms with Gasteiger partial charge in [0.25, 0.3) is 5.69 Å². The second-order valence-corrected chi connectivity index (χ2v) is 4.81. The third-order valence-corrected chi connectivity index (χ3v) is 3.70. The summed E-state index contributed by atoms with van der Waals surface area (Å²) in [6.45, 7) is 2.99. The Balaban J connectivity index is 2.13. The Kier molecular flexibility index (Phi) is 3.19. The van der Waals surface area contributed by atoms with Gasteiger partial charge < -0.3 is 5.32 Å². The van der Waals surface area contributed by atoms with Crippen LogP contribution >= 0.6 is 0 Å². The molecule has 1 aliphatic rings. The predicted molar refractivity (Wildman–Crippen MR) is 68.3 cm³/mol. The van der Waals surface area contributed by atoms with Crippen molar-refractivity contribution in [2.75, 3.05) is 11.9 Å². The first-order valence-corrected chi connectivity index (χ1v) is 6.03. The number of hydrogen-bond acceptors (Lipinski definition) is 4. The number of nitrogens with zero attached hydrogens (tertiary/aromatic N) is 2. The van der Waals surface area contributed by atoms with Crippen molar-refractivity contribution < 1.29 is 4.92 Å². The van der Waals surface area contributed by atoms with Gasteiger partial charge in [0.15, 0.2) is 0 Å². The highest BCUT2D eigenvalue weighted by Crippen LogP contribution is 2.48. The van der Waals surface area contributed by atoms with E-state index in [2.05, 4.69) is 12.2 Å². The van der Waals surface area contributed by atoms with Crippen molar-refractivity contribution in [2.45, 2.75) is 26.2 Å². The lowest BCUT2D eigenvalue weighted by molar-refractivity contribution is -0.384. The van der Waals surface area contributed by atoms with Gasteiger partial charge in [-0.15, -0.1) is 0 Å². The number of hydrogen-bond donors (Lipinski definition) is 1. The third-order valence-electron chi connectivity index (χ3n) is 3.70. The Morgan fingerprint density at radius 3 is 2.78 bits per heavy atom. The minimum atomic E-state index is -0.487. The van der Waals surface area contributed by atoms with Crippen molar-refractivity contribution in [3.05, 3.63) is 33.9 Å². The lowest BCUT2D eigenvalue weighted by Gasteiger charge is -2.15. The number of nitriles is 1. The molecule has 1 aromatic rings. The molecular formula is C13H15N3O2. The molecule has 0 unspecified atom stereocenters. The van der Waals surface area contributed by atoms with Gasteiger partial charge in [0.1, 0.15) is 6.07 Å². The van der Waals surface area contributed by atoms with Gasteiger partial charge in [-0.2, -0.15) is 5.26 Å². The SMILES string of the molecule is CCC1(CNc2ccc([N+](=O)[O-])cc2C#N)CC1. The van der Waals surface area contributed by atoms with Crippen LogP contribution in [0.15, 0.2) is 18.2 Å².